The highest BCUT2D eigenvalue weighted by molar-refractivity contribution is 5.14. The standard InChI is InChI=1S/C9H8F4O.C2H6/c10-8-3-1-7(2-4-8)5-14-6-9(11,12)13;1-2/h1-4H,5-6H2;1-2H3. The monoisotopic (exact) mass is 238 g/mol. The van der Waals surface area contributed by atoms with Gasteiger partial charge in [0, 0.05) is 0 Å². The maximum Gasteiger partial charge on any atom is 0.411 e. The first-order valence-corrected chi connectivity index (χ1v) is 4.86. The first-order chi connectivity index (χ1) is 7.47. The second kappa shape index (κ2) is 7.22. The second-order valence-corrected chi connectivity index (χ2v) is 2.73. The maximum absolute atomic E-state index is 12.4. The predicted octanol–water partition coefficient (Wildman–Crippen LogP) is 3.93. The third-order valence-corrected chi connectivity index (χ3v) is 1.45. The Morgan fingerprint density at radius 2 is 1.56 bits per heavy atom. The van der Waals surface area contributed by atoms with Gasteiger partial charge in [0.25, 0.3) is 0 Å². The van der Waals surface area contributed by atoms with Crippen LogP contribution < -0.4 is 0 Å². The van der Waals surface area contributed by atoms with Gasteiger partial charge in [-0.25, -0.2) is 4.39 Å². The minimum Gasteiger partial charge on any atom is -0.367 e. The van der Waals surface area contributed by atoms with Gasteiger partial charge in [0.1, 0.15) is 12.4 Å². The van der Waals surface area contributed by atoms with Crippen molar-refractivity contribution in [2.75, 3.05) is 6.61 Å². The van der Waals surface area contributed by atoms with E-state index in [0.29, 0.717) is 5.56 Å². The van der Waals surface area contributed by atoms with Gasteiger partial charge in [-0.15, -0.1) is 0 Å². The van der Waals surface area contributed by atoms with E-state index in [1.54, 1.807) is 0 Å². The zero-order valence-electron chi connectivity index (χ0n) is 9.14. The Hall–Kier alpha value is -1.10. The van der Waals surface area contributed by atoms with E-state index in [1.165, 1.54) is 24.3 Å². The molecule has 1 nitrogen and oxygen atoms in total. The predicted molar refractivity (Wildman–Crippen MR) is 53.5 cm³/mol. The quantitative estimate of drug-likeness (QED) is 0.725. The van der Waals surface area contributed by atoms with Crippen LogP contribution in [0.4, 0.5) is 17.6 Å². The summed E-state index contributed by atoms with van der Waals surface area (Å²) in [5.41, 5.74) is 0.510. The summed E-state index contributed by atoms with van der Waals surface area (Å²) in [4.78, 5) is 0. The Bertz CT molecular complexity index is 279. The Morgan fingerprint density at radius 1 is 1.06 bits per heavy atom. The van der Waals surface area contributed by atoms with Gasteiger partial charge in [-0.05, 0) is 17.7 Å². The molecule has 0 spiro atoms. The summed E-state index contributed by atoms with van der Waals surface area (Å²) >= 11 is 0. The zero-order valence-corrected chi connectivity index (χ0v) is 9.14. The van der Waals surface area contributed by atoms with E-state index in [9.17, 15) is 17.6 Å². The van der Waals surface area contributed by atoms with Crippen molar-refractivity contribution in [2.24, 2.45) is 0 Å². The van der Waals surface area contributed by atoms with E-state index in [0.717, 1.165) is 0 Å². The molecule has 0 aromatic heterocycles. The third-order valence-electron chi connectivity index (χ3n) is 1.45. The SMILES string of the molecule is CC.Fc1ccc(COCC(F)(F)F)cc1. The number of rotatable bonds is 3. The van der Waals surface area contributed by atoms with Crippen LogP contribution >= 0.6 is 0 Å². The molecule has 1 aromatic rings. The molecule has 0 bridgehead atoms. The van der Waals surface area contributed by atoms with Gasteiger partial charge in [-0.3, -0.25) is 0 Å². The van der Waals surface area contributed by atoms with Crippen LogP contribution in [0.1, 0.15) is 19.4 Å². The van der Waals surface area contributed by atoms with Crippen molar-refractivity contribution in [1.29, 1.82) is 0 Å². The van der Waals surface area contributed by atoms with Crippen LogP contribution in [0.15, 0.2) is 24.3 Å². The molecule has 16 heavy (non-hydrogen) atoms. The molecule has 1 aromatic carbocycles. The maximum atomic E-state index is 12.4. The molecule has 0 heterocycles. The molecule has 0 aliphatic heterocycles. The molecule has 0 atom stereocenters. The smallest absolute Gasteiger partial charge is 0.367 e. The first-order valence-electron chi connectivity index (χ1n) is 4.86. The summed E-state index contributed by atoms with van der Waals surface area (Å²) in [6, 6.07) is 5.11. The van der Waals surface area contributed by atoms with Gasteiger partial charge in [0.15, 0.2) is 0 Å². The number of hydrogen-bond donors (Lipinski definition) is 0. The summed E-state index contributed by atoms with van der Waals surface area (Å²) in [5.74, 6) is -0.426. The molecule has 0 N–H and O–H groups in total. The van der Waals surface area contributed by atoms with Crippen LogP contribution in [0, 0.1) is 5.82 Å². The highest BCUT2D eigenvalue weighted by Crippen LogP contribution is 2.15. The van der Waals surface area contributed by atoms with Gasteiger partial charge in [0.2, 0.25) is 0 Å². The number of halogens is 4. The van der Waals surface area contributed by atoms with Gasteiger partial charge in [0.05, 0.1) is 6.61 Å². The van der Waals surface area contributed by atoms with Gasteiger partial charge in [-0.2, -0.15) is 13.2 Å². The molecule has 0 fully saturated rings. The lowest BCUT2D eigenvalue weighted by molar-refractivity contribution is -0.176. The first kappa shape index (κ1) is 14.9. The van der Waals surface area contributed by atoms with Crippen molar-refractivity contribution in [3.05, 3.63) is 35.6 Å². The molecule has 0 unspecified atom stereocenters. The fraction of sp³-hybridized carbons (Fsp3) is 0.455. The third kappa shape index (κ3) is 7.23. The van der Waals surface area contributed by atoms with E-state index in [2.05, 4.69) is 4.74 Å². The van der Waals surface area contributed by atoms with Gasteiger partial charge < -0.3 is 4.74 Å². The molecule has 0 saturated heterocycles. The zero-order chi connectivity index (χ0) is 12.6. The Balaban J connectivity index is 0.00000106. The lowest BCUT2D eigenvalue weighted by Gasteiger charge is -2.07. The summed E-state index contributed by atoms with van der Waals surface area (Å²) < 4.78 is 51.7. The van der Waals surface area contributed by atoms with Crippen LogP contribution in [0.2, 0.25) is 0 Å². The average molecular weight is 238 g/mol. The lowest BCUT2D eigenvalue weighted by atomic mass is 10.2. The molecule has 1 rings (SSSR count). The topological polar surface area (TPSA) is 9.23 Å². The molecule has 0 aliphatic carbocycles. The Morgan fingerprint density at radius 3 is 2.00 bits per heavy atom. The van der Waals surface area contributed by atoms with E-state index in [-0.39, 0.29) is 6.61 Å². The van der Waals surface area contributed by atoms with E-state index in [1.807, 2.05) is 13.8 Å². The van der Waals surface area contributed by atoms with Gasteiger partial charge >= 0.3 is 6.18 Å². The minimum atomic E-state index is -4.32. The largest absolute Gasteiger partial charge is 0.411 e. The van der Waals surface area contributed by atoms with E-state index >= 15 is 0 Å². The fourth-order valence-corrected chi connectivity index (χ4v) is 0.865. The molecule has 92 valence electrons. The molecular formula is C11H14F4O. The van der Waals surface area contributed by atoms with Crippen LogP contribution in [0.3, 0.4) is 0 Å². The van der Waals surface area contributed by atoms with Crippen molar-refractivity contribution in [3.8, 4) is 0 Å². The van der Waals surface area contributed by atoms with Crippen LogP contribution in [-0.4, -0.2) is 12.8 Å². The van der Waals surface area contributed by atoms with Crippen molar-refractivity contribution in [2.45, 2.75) is 26.6 Å². The molecule has 0 radical (unpaired) electrons. The molecular weight excluding hydrogens is 224 g/mol. The van der Waals surface area contributed by atoms with Crippen molar-refractivity contribution >= 4 is 0 Å². The Kier molecular flexibility index (Phi) is 6.72. The summed E-state index contributed by atoms with van der Waals surface area (Å²) in [6.45, 7) is 2.55. The fourth-order valence-electron chi connectivity index (χ4n) is 0.865. The summed E-state index contributed by atoms with van der Waals surface area (Å²) in [6.07, 6.45) is -4.32. The van der Waals surface area contributed by atoms with E-state index < -0.39 is 18.6 Å². The van der Waals surface area contributed by atoms with Crippen LogP contribution in [0.25, 0.3) is 0 Å². The summed E-state index contributed by atoms with van der Waals surface area (Å²) in [7, 11) is 0. The number of alkyl halides is 3. The normalized spacial score (nSPS) is 10.6. The highest BCUT2D eigenvalue weighted by atomic mass is 19.4. The number of ether oxygens (including phenoxy) is 1. The second-order valence-electron chi connectivity index (χ2n) is 2.73. The van der Waals surface area contributed by atoms with Crippen molar-refractivity contribution < 1.29 is 22.3 Å². The molecule has 5 heteroatoms. The van der Waals surface area contributed by atoms with Crippen LogP contribution in [0.5, 0.6) is 0 Å². The lowest BCUT2D eigenvalue weighted by Crippen LogP contribution is -2.16. The number of hydrogen-bond acceptors (Lipinski definition) is 1. The number of benzene rings is 1. The van der Waals surface area contributed by atoms with Crippen LogP contribution in [-0.2, 0) is 11.3 Å². The molecule has 0 saturated carbocycles. The minimum absolute atomic E-state index is 0.167. The molecule has 0 aliphatic rings. The van der Waals surface area contributed by atoms with E-state index in [4.69, 9.17) is 0 Å². The Labute approximate surface area is 92.0 Å². The van der Waals surface area contributed by atoms with Crippen molar-refractivity contribution in [3.63, 3.8) is 0 Å². The van der Waals surface area contributed by atoms with Crippen molar-refractivity contribution in [1.82, 2.24) is 0 Å². The summed E-state index contributed by atoms with van der Waals surface area (Å²) in [5, 5.41) is 0. The average Bonchev–Trinajstić information content (AvgIpc) is 2.22. The van der Waals surface area contributed by atoms with Gasteiger partial charge in [-0.1, -0.05) is 26.0 Å². The highest BCUT2D eigenvalue weighted by Gasteiger charge is 2.27. The molecule has 0 amide bonds.